The smallest absolute Gasteiger partial charge is 0.104 e. The lowest BCUT2D eigenvalue weighted by Gasteiger charge is -2.26. The molecule has 0 amide bonds. The predicted molar refractivity (Wildman–Crippen MR) is 89.9 cm³/mol. The van der Waals surface area contributed by atoms with Crippen LogP contribution < -0.4 is 10.6 Å². The van der Waals surface area contributed by atoms with Crippen LogP contribution >= 0.6 is 28.1 Å². The molecule has 0 radical (unpaired) electrons. The lowest BCUT2D eigenvalue weighted by molar-refractivity contribution is 0.325. The monoisotopic (exact) mass is 340 g/mol. The van der Waals surface area contributed by atoms with Crippen molar-refractivity contribution in [2.45, 2.75) is 33.1 Å². The summed E-state index contributed by atoms with van der Waals surface area (Å²) in [6, 6.07) is 6.16. The van der Waals surface area contributed by atoms with Gasteiger partial charge in [-0.05, 0) is 58.8 Å². The molecule has 2 N–H and O–H groups in total. The minimum atomic E-state index is 0.448. The number of hydrogen-bond acceptors (Lipinski definition) is 2. The first-order valence-electron chi connectivity index (χ1n) is 6.73. The van der Waals surface area contributed by atoms with E-state index in [2.05, 4.69) is 40.7 Å². The number of nitrogens with zero attached hydrogens (tertiary/aromatic N) is 1. The molecule has 1 aliphatic heterocycles. The van der Waals surface area contributed by atoms with Crippen LogP contribution in [0.3, 0.4) is 0 Å². The van der Waals surface area contributed by atoms with E-state index in [0.717, 1.165) is 23.1 Å². The summed E-state index contributed by atoms with van der Waals surface area (Å²) in [5.74, 6) is 0. The molecule has 0 spiro atoms. The van der Waals surface area contributed by atoms with Crippen molar-refractivity contribution in [1.82, 2.24) is 0 Å². The Morgan fingerprint density at radius 3 is 2.68 bits per heavy atom. The second kappa shape index (κ2) is 5.80. The molecule has 1 heterocycles. The number of thiocarbonyl (C=S) groups is 1. The Kier molecular flexibility index (Phi) is 4.51. The summed E-state index contributed by atoms with van der Waals surface area (Å²) in [7, 11) is 0. The third kappa shape index (κ3) is 3.69. The number of hydrogen-bond donors (Lipinski definition) is 1. The second-order valence-corrected chi connectivity index (χ2v) is 7.33. The number of halogens is 1. The van der Waals surface area contributed by atoms with Gasteiger partial charge in [0.05, 0.1) is 5.69 Å². The van der Waals surface area contributed by atoms with E-state index in [9.17, 15) is 0 Å². The van der Waals surface area contributed by atoms with Crippen LogP contribution in [0.25, 0.3) is 0 Å². The van der Waals surface area contributed by atoms with E-state index in [4.69, 9.17) is 18.0 Å². The van der Waals surface area contributed by atoms with Gasteiger partial charge in [0.2, 0.25) is 0 Å². The minimum absolute atomic E-state index is 0.448. The molecule has 0 aliphatic carbocycles. The highest BCUT2D eigenvalue weighted by molar-refractivity contribution is 9.10. The Labute approximate surface area is 129 Å². The zero-order valence-corrected chi connectivity index (χ0v) is 14.0. The third-order valence-electron chi connectivity index (χ3n) is 3.91. The molecule has 1 aromatic rings. The molecule has 0 bridgehead atoms. The Morgan fingerprint density at radius 1 is 1.32 bits per heavy atom. The fraction of sp³-hybridized carbons (Fsp3) is 0.533. The fourth-order valence-electron chi connectivity index (χ4n) is 2.58. The maximum Gasteiger partial charge on any atom is 0.104 e. The Balaban J connectivity index is 2.20. The van der Waals surface area contributed by atoms with Gasteiger partial charge >= 0.3 is 0 Å². The largest absolute Gasteiger partial charge is 0.389 e. The standard InChI is InChI=1S/C15H21BrN2S/c1-15(2)6-3-8-18(9-7-15)13-5-4-11(14(17)19)10-12(13)16/h4-5,10H,3,6-9H2,1-2H3,(H2,17,19). The maximum absolute atomic E-state index is 5.67. The molecule has 0 atom stereocenters. The van der Waals surface area contributed by atoms with Gasteiger partial charge < -0.3 is 10.6 Å². The number of rotatable bonds is 2. The first kappa shape index (κ1) is 14.8. The Bertz CT molecular complexity index is 485. The summed E-state index contributed by atoms with van der Waals surface area (Å²) in [5, 5.41) is 0. The molecular weight excluding hydrogens is 320 g/mol. The van der Waals surface area contributed by atoms with Crippen molar-refractivity contribution in [2.75, 3.05) is 18.0 Å². The summed E-state index contributed by atoms with van der Waals surface area (Å²) in [5.41, 5.74) is 8.29. The van der Waals surface area contributed by atoms with Crippen molar-refractivity contribution < 1.29 is 0 Å². The normalized spacial score (nSPS) is 19.0. The molecular formula is C15H21BrN2S. The van der Waals surface area contributed by atoms with Gasteiger partial charge in [0.1, 0.15) is 4.99 Å². The van der Waals surface area contributed by atoms with Crippen LogP contribution in [0.5, 0.6) is 0 Å². The molecule has 0 aromatic heterocycles. The van der Waals surface area contributed by atoms with Crippen LogP contribution in [0.1, 0.15) is 38.7 Å². The zero-order chi connectivity index (χ0) is 14.0. The fourth-order valence-corrected chi connectivity index (χ4v) is 3.34. The van der Waals surface area contributed by atoms with Crippen molar-refractivity contribution in [1.29, 1.82) is 0 Å². The molecule has 1 saturated heterocycles. The van der Waals surface area contributed by atoms with Crippen molar-refractivity contribution >= 4 is 38.8 Å². The highest BCUT2D eigenvalue weighted by atomic mass is 79.9. The molecule has 0 saturated carbocycles. The molecule has 4 heteroatoms. The summed E-state index contributed by atoms with van der Waals surface area (Å²) < 4.78 is 1.08. The first-order chi connectivity index (χ1) is 8.89. The van der Waals surface area contributed by atoms with E-state index in [1.165, 1.54) is 24.9 Å². The molecule has 2 rings (SSSR count). The Hall–Kier alpha value is -0.610. The van der Waals surface area contributed by atoms with Crippen molar-refractivity contribution in [3.8, 4) is 0 Å². The zero-order valence-electron chi connectivity index (χ0n) is 11.6. The number of nitrogens with two attached hydrogens (primary N) is 1. The van der Waals surface area contributed by atoms with Gasteiger partial charge in [0, 0.05) is 23.1 Å². The van der Waals surface area contributed by atoms with Gasteiger partial charge in [-0.25, -0.2) is 0 Å². The van der Waals surface area contributed by atoms with Gasteiger partial charge in [0.25, 0.3) is 0 Å². The van der Waals surface area contributed by atoms with Crippen molar-refractivity contribution in [2.24, 2.45) is 11.1 Å². The molecule has 2 nitrogen and oxygen atoms in total. The average molecular weight is 341 g/mol. The molecule has 1 fully saturated rings. The van der Waals surface area contributed by atoms with Crippen LogP contribution in [-0.2, 0) is 0 Å². The van der Waals surface area contributed by atoms with E-state index in [1.54, 1.807) is 0 Å². The third-order valence-corrected chi connectivity index (χ3v) is 4.78. The van der Waals surface area contributed by atoms with Crippen LogP contribution in [0.4, 0.5) is 5.69 Å². The molecule has 1 aliphatic rings. The van der Waals surface area contributed by atoms with E-state index >= 15 is 0 Å². The average Bonchev–Trinajstić information content (AvgIpc) is 2.50. The summed E-state index contributed by atoms with van der Waals surface area (Å²) >= 11 is 8.66. The van der Waals surface area contributed by atoms with Crippen molar-refractivity contribution in [3.05, 3.63) is 28.2 Å². The van der Waals surface area contributed by atoms with Crippen LogP contribution in [0, 0.1) is 5.41 Å². The predicted octanol–water partition coefficient (Wildman–Crippen LogP) is 4.10. The van der Waals surface area contributed by atoms with Gasteiger partial charge in [-0.2, -0.15) is 0 Å². The van der Waals surface area contributed by atoms with Gasteiger partial charge in [-0.15, -0.1) is 0 Å². The SMILES string of the molecule is CC1(C)CCCN(c2ccc(C(N)=S)cc2Br)CC1. The molecule has 104 valence electrons. The highest BCUT2D eigenvalue weighted by Gasteiger charge is 2.23. The van der Waals surface area contributed by atoms with Crippen LogP contribution in [0.15, 0.2) is 22.7 Å². The van der Waals surface area contributed by atoms with E-state index in [0.29, 0.717) is 10.4 Å². The first-order valence-corrected chi connectivity index (χ1v) is 7.93. The summed E-state index contributed by atoms with van der Waals surface area (Å²) in [6.45, 7) is 6.95. The molecule has 19 heavy (non-hydrogen) atoms. The second-order valence-electron chi connectivity index (χ2n) is 6.04. The van der Waals surface area contributed by atoms with Crippen LogP contribution in [-0.4, -0.2) is 18.1 Å². The van der Waals surface area contributed by atoms with Gasteiger partial charge in [0.15, 0.2) is 0 Å². The van der Waals surface area contributed by atoms with E-state index in [-0.39, 0.29) is 0 Å². The number of anilines is 1. The lowest BCUT2D eigenvalue weighted by Crippen LogP contribution is -2.25. The quantitative estimate of drug-likeness (QED) is 0.821. The van der Waals surface area contributed by atoms with Crippen molar-refractivity contribution in [3.63, 3.8) is 0 Å². The van der Waals surface area contributed by atoms with E-state index in [1.807, 2.05) is 12.1 Å². The lowest BCUT2D eigenvalue weighted by atomic mass is 9.85. The topological polar surface area (TPSA) is 29.3 Å². The minimum Gasteiger partial charge on any atom is -0.389 e. The van der Waals surface area contributed by atoms with E-state index < -0.39 is 0 Å². The summed E-state index contributed by atoms with van der Waals surface area (Å²) in [6.07, 6.45) is 3.78. The molecule has 1 aromatic carbocycles. The Morgan fingerprint density at radius 2 is 2.05 bits per heavy atom. The van der Waals surface area contributed by atoms with Crippen LogP contribution in [0.2, 0.25) is 0 Å². The maximum atomic E-state index is 5.67. The highest BCUT2D eigenvalue weighted by Crippen LogP contribution is 2.34. The van der Waals surface area contributed by atoms with Gasteiger partial charge in [-0.3, -0.25) is 0 Å². The van der Waals surface area contributed by atoms with Gasteiger partial charge in [-0.1, -0.05) is 26.1 Å². The number of benzene rings is 1. The summed E-state index contributed by atoms with van der Waals surface area (Å²) in [4.78, 5) is 2.91. The molecule has 0 unspecified atom stereocenters.